The Morgan fingerprint density at radius 3 is 2.15 bits per heavy atom. The summed E-state index contributed by atoms with van der Waals surface area (Å²) >= 11 is 0. The molecule has 2 aromatic rings. The Hall–Kier alpha value is -3.11. The average Bonchev–Trinajstić information content (AvgIpc) is 3.08. The molecule has 2 fully saturated rings. The number of rotatable bonds is 5. The zero-order valence-electron chi connectivity index (χ0n) is 17.8. The number of amides is 3. The van der Waals surface area contributed by atoms with Gasteiger partial charge in [0.1, 0.15) is 11.9 Å². The molecule has 1 atom stereocenters. The lowest BCUT2D eigenvalue weighted by Crippen LogP contribution is -2.51. The van der Waals surface area contributed by atoms with Crippen molar-refractivity contribution in [1.82, 2.24) is 4.90 Å². The lowest BCUT2D eigenvalue weighted by atomic mass is 9.92. The third-order valence-corrected chi connectivity index (χ3v) is 7.11. The molecule has 0 bridgehead atoms. The van der Waals surface area contributed by atoms with E-state index in [1.54, 1.807) is 0 Å². The van der Waals surface area contributed by atoms with Crippen molar-refractivity contribution in [2.75, 3.05) is 4.90 Å². The van der Waals surface area contributed by atoms with Gasteiger partial charge < -0.3 is 4.90 Å². The van der Waals surface area contributed by atoms with E-state index >= 15 is 0 Å². The number of nitrogens with zero attached hydrogens (tertiary/aromatic N) is 2. The summed E-state index contributed by atoms with van der Waals surface area (Å²) in [5.41, 5.74) is 0.455. The Balaban J connectivity index is 1.66. The number of imide groups is 1. The zero-order chi connectivity index (χ0) is 23.8. The van der Waals surface area contributed by atoms with Crippen LogP contribution in [0.25, 0.3) is 0 Å². The Labute approximate surface area is 191 Å². The lowest BCUT2D eigenvalue weighted by Gasteiger charge is -2.37. The number of sulfonamides is 1. The molecular weight excluding hydrogens is 449 g/mol. The van der Waals surface area contributed by atoms with Gasteiger partial charge in [0, 0.05) is 11.6 Å². The molecule has 0 spiro atoms. The first-order valence-corrected chi connectivity index (χ1v) is 12.3. The molecule has 0 radical (unpaired) electrons. The second kappa shape index (κ2) is 9.03. The van der Waals surface area contributed by atoms with Gasteiger partial charge in [0.15, 0.2) is 0 Å². The summed E-state index contributed by atoms with van der Waals surface area (Å²) in [7, 11) is -3.92. The monoisotopic (exact) mass is 473 g/mol. The van der Waals surface area contributed by atoms with Crippen LogP contribution in [0.1, 0.15) is 48.9 Å². The number of nitrogens with two attached hydrogens (primary N) is 1. The van der Waals surface area contributed by atoms with Crippen LogP contribution in [0.4, 0.5) is 10.1 Å². The molecule has 1 saturated carbocycles. The van der Waals surface area contributed by atoms with Crippen molar-refractivity contribution in [3.05, 3.63) is 59.9 Å². The van der Waals surface area contributed by atoms with Crippen molar-refractivity contribution < 1.29 is 27.2 Å². The first-order chi connectivity index (χ1) is 15.7. The van der Waals surface area contributed by atoms with Gasteiger partial charge in [0.25, 0.3) is 11.8 Å². The van der Waals surface area contributed by atoms with Crippen molar-refractivity contribution in [2.45, 2.75) is 55.5 Å². The van der Waals surface area contributed by atoms with Crippen LogP contribution >= 0.6 is 0 Å². The Morgan fingerprint density at radius 1 is 0.970 bits per heavy atom. The minimum atomic E-state index is -3.92. The fourth-order valence-electron chi connectivity index (χ4n) is 4.55. The second-order valence-electron chi connectivity index (χ2n) is 8.34. The van der Waals surface area contributed by atoms with Gasteiger partial charge in [-0.2, -0.15) is 0 Å². The van der Waals surface area contributed by atoms with Gasteiger partial charge in [-0.25, -0.2) is 22.8 Å². The summed E-state index contributed by atoms with van der Waals surface area (Å²) in [4.78, 5) is 42.0. The predicted octanol–water partition coefficient (Wildman–Crippen LogP) is 2.58. The first kappa shape index (κ1) is 23.1. The highest BCUT2D eigenvalue weighted by Crippen LogP contribution is 2.32. The number of anilines is 1. The standard InChI is InChI=1S/C23H24FN3O5S/c24-16-8-6-15(7-9-16)22(29)26(17-4-2-1-3-5-17)20-14-21(28)27(23(20)30)18-10-12-19(13-11-18)33(25,31)32/h6-13,17,20H,1-5,14H2,(H2,25,31,32). The van der Waals surface area contributed by atoms with Gasteiger partial charge >= 0.3 is 0 Å². The number of hydrogen-bond acceptors (Lipinski definition) is 5. The Kier molecular flexibility index (Phi) is 6.31. The number of carbonyl (C=O) groups excluding carboxylic acids is 3. The molecule has 1 saturated heterocycles. The smallest absolute Gasteiger partial charge is 0.257 e. The normalized spacial score (nSPS) is 19.7. The number of benzene rings is 2. The Bertz CT molecular complexity index is 1180. The van der Waals surface area contributed by atoms with E-state index in [2.05, 4.69) is 0 Å². The van der Waals surface area contributed by atoms with Crippen molar-refractivity contribution in [1.29, 1.82) is 0 Å². The van der Waals surface area contributed by atoms with Crippen LogP contribution in [0.3, 0.4) is 0 Å². The van der Waals surface area contributed by atoms with E-state index in [-0.39, 0.29) is 28.6 Å². The van der Waals surface area contributed by atoms with Crippen LogP contribution in [0.5, 0.6) is 0 Å². The fraction of sp³-hybridized carbons (Fsp3) is 0.348. The molecule has 4 rings (SSSR count). The zero-order valence-corrected chi connectivity index (χ0v) is 18.6. The summed E-state index contributed by atoms with van der Waals surface area (Å²) in [5.74, 6) is -1.93. The number of primary sulfonamides is 1. The predicted molar refractivity (Wildman–Crippen MR) is 118 cm³/mol. The number of hydrogen-bond donors (Lipinski definition) is 1. The van der Waals surface area contributed by atoms with Gasteiger partial charge in [-0.3, -0.25) is 14.4 Å². The van der Waals surface area contributed by atoms with Crippen LogP contribution in [0.2, 0.25) is 0 Å². The molecule has 2 aliphatic rings. The van der Waals surface area contributed by atoms with E-state index in [9.17, 15) is 27.2 Å². The highest BCUT2D eigenvalue weighted by Gasteiger charge is 2.46. The SMILES string of the molecule is NS(=O)(=O)c1ccc(N2C(=O)CC(N(C(=O)c3ccc(F)cc3)C3CCCCC3)C2=O)cc1. The van der Waals surface area contributed by atoms with Gasteiger partial charge in [0.2, 0.25) is 15.9 Å². The fourth-order valence-corrected chi connectivity index (χ4v) is 5.07. The molecule has 0 aromatic heterocycles. The molecule has 3 amide bonds. The Morgan fingerprint density at radius 2 is 1.58 bits per heavy atom. The van der Waals surface area contributed by atoms with Crippen LogP contribution in [-0.4, -0.2) is 43.1 Å². The van der Waals surface area contributed by atoms with E-state index in [1.165, 1.54) is 53.4 Å². The van der Waals surface area contributed by atoms with E-state index < -0.39 is 39.6 Å². The molecule has 10 heteroatoms. The topological polar surface area (TPSA) is 118 Å². The average molecular weight is 474 g/mol. The van der Waals surface area contributed by atoms with Crippen LogP contribution in [0.15, 0.2) is 53.4 Å². The highest BCUT2D eigenvalue weighted by molar-refractivity contribution is 7.89. The van der Waals surface area contributed by atoms with Crippen LogP contribution < -0.4 is 10.0 Å². The summed E-state index contributed by atoms with van der Waals surface area (Å²) in [5, 5.41) is 5.11. The van der Waals surface area contributed by atoms with Crippen molar-refractivity contribution in [3.63, 3.8) is 0 Å². The molecule has 2 aromatic carbocycles. The lowest BCUT2D eigenvalue weighted by molar-refractivity contribution is -0.123. The van der Waals surface area contributed by atoms with Crippen molar-refractivity contribution in [2.24, 2.45) is 5.14 Å². The molecule has 1 unspecified atom stereocenters. The third kappa shape index (κ3) is 4.67. The summed E-state index contributed by atoms with van der Waals surface area (Å²) < 4.78 is 36.4. The maximum absolute atomic E-state index is 13.4. The quantitative estimate of drug-likeness (QED) is 0.670. The third-order valence-electron chi connectivity index (χ3n) is 6.18. The molecule has 8 nitrogen and oxygen atoms in total. The van der Waals surface area contributed by atoms with E-state index in [0.717, 1.165) is 24.2 Å². The van der Waals surface area contributed by atoms with Gasteiger partial charge in [-0.1, -0.05) is 19.3 Å². The molecule has 1 aliphatic heterocycles. The van der Waals surface area contributed by atoms with Gasteiger partial charge in [-0.05, 0) is 61.4 Å². The molecule has 174 valence electrons. The van der Waals surface area contributed by atoms with E-state index in [1.807, 2.05) is 0 Å². The summed E-state index contributed by atoms with van der Waals surface area (Å²) in [6, 6.07) is 9.05. The van der Waals surface area contributed by atoms with Gasteiger partial charge in [0.05, 0.1) is 17.0 Å². The first-order valence-electron chi connectivity index (χ1n) is 10.7. The number of halogens is 1. The van der Waals surface area contributed by atoms with Crippen molar-refractivity contribution >= 4 is 33.4 Å². The second-order valence-corrected chi connectivity index (χ2v) is 9.90. The van der Waals surface area contributed by atoms with E-state index in [4.69, 9.17) is 5.14 Å². The molecule has 33 heavy (non-hydrogen) atoms. The summed E-state index contributed by atoms with van der Waals surface area (Å²) in [6.07, 6.45) is 4.10. The molecular formula is C23H24FN3O5S. The van der Waals surface area contributed by atoms with Gasteiger partial charge in [-0.15, -0.1) is 0 Å². The molecule has 1 aliphatic carbocycles. The molecule has 1 heterocycles. The minimum absolute atomic E-state index is 0.141. The van der Waals surface area contributed by atoms with E-state index in [0.29, 0.717) is 12.8 Å². The summed E-state index contributed by atoms with van der Waals surface area (Å²) in [6.45, 7) is 0. The van der Waals surface area contributed by atoms with Crippen LogP contribution in [-0.2, 0) is 19.6 Å². The largest absolute Gasteiger partial charge is 0.323 e. The van der Waals surface area contributed by atoms with Crippen LogP contribution in [0, 0.1) is 5.82 Å². The maximum atomic E-state index is 13.4. The molecule has 2 N–H and O–H groups in total. The maximum Gasteiger partial charge on any atom is 0.257 e. The minimum Gasteiger partial charge on any atom is -0.323 e. The number of carbonyl (C=O) groups is 3. The highest BCUT2D eigenvalue weighted by atomic mass is 32.2. The van der Waals surface area contributed by atoms with Crippen molar-refractivity contribution in [3.8, 4) is 0 Å².